The van der Waals surface area contributed by atoms with Crippen LogP contribution in [0, 0.1) is 17.8 Å². The van der Waals surface area contributed by atoms with E-state index in [1.807, 2.05) is 0 Å². The maximum Gasteiger partial charge on any atom is 0.305 e. The van der Waals surface area contributed by atoms with E-state index in [2.05, 4.69) is 65.4 Å². The summed E-state index contributed by atoms with van der Waals surface area (Å²) in [6.45, 7) is 17.3. The van der Waals surface area contributed by atoms with Gasteiger partial charge in [0.1, 0.15) is 0 Å². The van der Waals surface area contributed by atoms with Crippen molar-refractivity contribution in [3.05, 3.63) is 0 Å². The first-order valence-electron chi connectivity index (χ1n) is 35.6. The maximum absolute atomic E-state index is 14.2. The zero-order valence-corrected chi connectivity index (χ0v) is 55.1. The van der Waals surface area contributed by atoms with Crippen LogP contribution in [0.4, 0.5) is 0 Å². The number of esters is 2. The van der Waals surface area contributed by atoms with E-state index in [1.54, 1.807) is 0 Å². The van der Waals surface area contributed by atoms with Gasteiger partial charge in [0.05, 0.1) is 19.8 Å². The lowest BCUT2D eigenvalue weighted by molar-refractivity contribution is -0.146. The summed E-state index contributed by atoms with van der Waals surface area (Å²) < 4.78 is 17.6. The first-order chi connectivity index (χ1) is 39.0. The van der Waals surface area contributed by atoms with Crippen molar-refractivity contribution < 1.29 is 33.7 Å². The molecule has 0 heterocycles. The zero-order valence-electron chi connectivity index (χ0n) is 55.1. The van der Waals surface area contributed by atoms with Gasteiger partial charge in [-0.05, 0) is 135 Å². The fourth-order valence-electron chi connectivity index (χ4n) is 11.7. The first-order valence-corrected chi connectivity index (χ1v) is 35.6. The zero-order chi connectivity index (χ0) is 58.8. The van der Waals surface area contributed by atoms with Gasteiger partial charge in [0.25, 0.3) is 0 Å². The van der Waals surface area contributed by atoms with Crippen LogP contribution in [0.2, 0.25) is 0 Å². The number of amides is 1. The van der Waals surface area contributed by atoms with Crippen LogP contribution in [0.1, 0.15) is 363 Å². The molecular weight excluding hydrogens is 993 g/mol. The highest BCUT2D eigenvalue weighted by Gasteiger charge is 2.23. The topological polar surface area (TPSA) is 106 Å². The van der Waals surface area contributed by atoms with E-state index in [1.165, 1.54) is 186 Å². The van der Waals surface area contributed by atoms with Crippen LogP contribution in [-0.4, -0.2) is 92.1 Å². The molecule has 0 aliphatic heterocycles. The van der Waals surface area contributed by atoms with Crippen LogP contribution in [0.3, 0.4) is 0 Å². The van der Waals surface area contributed by atoms with E-state index in [-0.39, 0.29) is 18.0 Å². The molecule has 0 bridgehead atoms. The molecule has 476 valence electrons. The van der Waals surface area contributed by atoms with E-state index >= 15 is 0 Å². The first kappa shape index (κ1) is 78.3. The Kier molecular flexibility index (Phi) is 59.1. The van der Waals surface area contributed by atoms with Crippen LogP contribution in [0.15, 0.2) is 0 Å². The van der Waals surface area contributed by atoms with E-state index in [0.29, 0.717) is 62.7 Å². The Bertz CT molecular complexity index is 1310. The summed E-state index contributed by atoms with van der Waals surface area (Å²) in [6.07, 6.45) is 55.4. The molecule has 1 N–H and O–H groups in total. The highest BCUT2D eigenvalue weighted by molar-refractivity contribution is 5.76. The largest absolute Gasteiger partial charge is 0.465 e. The SMILES string of the molecule is CCCCCCC(CCCC)COC(=O)CCCCCCCCC(CCCCCCCCC(O)OCC(CCCC)CCCCCC)N(CCCCCCCCC(=O)OCC(CCCC)CCCCCC)C(=O)CCCCN(C)C. The van der Waals surface area contributed by atoms with Crippen molar-refractivity contribution in [3.63, 3.8) is 0 Å². The molecule has 0 aromatic carbocycles. The Morgan fingerprint density at radius 2 is 0.650 bits per heavy atom. The number of nitrogens with zero attached hydrogens (tertiary/aromatic N) is 2. The number of hydrogen-bond acceptors (Lipinski definition) is 8. The Hall–Kier alpha value is -1.71. The summed E-state index contributed by atoms with van der Waals surface area (Å²) in [7, 11) is 4.23. The second-order valence-electron chi connectivity index (χ2n) is 25.5. The van der Waals surface area contributed by atoms with E-state index in [9.17, 15) is 19.5 Å². The molecule has 0 saturated carbocycles. The van der Waals surface area contributed by atoms with E-state index in [4.69, 9.17) is 14.2 Å². The van der Waals surface area contributed by atoms with Gasteiger partial charge in [0.2, 0.25) is 5.91 Å². The average molecular weight is 1130 g/mol. The monoisotopic (exact) mass is 1130 g/mol. The highest BCUT2D eigenvalue weighted by Crippen LogP contribution is 2.25. The van der Waals surface area contributed by atoms with Gasteiger partial charge in [-0.3, -0.25) is 14.4 Å². The molecule has 9 heteroatoms. The average Bonchev–Trinajstić information content (AvgIpc) is 3.45. The molecule has 0 spiro atoms. The molecule has 0 radical (unpaired) electrons. The molecule has 0 aliphatic rings. The minimum absolute atomic E-state index is 0.0146. The van der Waals surface area contributed by atoms with Gasteiger partial charge in [-0.1, -0.05) is 247 Å². The second kappa shape index (κ2) is 60.4. The van der Waals surface area contributed by atoms with Crippen LogP contribution in [0.5, 0.6) is 0 Å². The molecule has 0 aliphatic carbocycles. The summed E-state index contributed by atoms with van der Waals surface area (Å²) in [5.74, 6) is 1.90. The third-order valence-electron chi connectivity index (χ3n) is 17.2. The number of aliphatic hydroxyl groups excluding tert-OH is 1. The van der Waals surface area contributed by atoms with Gasteiger partial charge in [0, 0.05) is 31.8 Å². The smallest absolute Gasteiger partial charge is 0.305 e. The predicted octanol–water partition coefficient (Wildman–Crippen LogP) is 20.6. The lowest BCUT2D eigenvalue weighted by atomic mass is 9.96. The van der Waals surface area contributed by atoms with Crippen LogP contribution in [0.25, 0.3) is 0 Å². The van der Waals surface area contributed by atoms with Gasteiger partial charge < -0.3 is 29.1 Å². The van der Waals surface area contributed by atoms with Crippen molar-refractivity contribution in [3.8, 4) is 0 Å². The molecule has 1 amide bonds. The Balaban J connectivity index is 5.37. The number of unbranched alkanes of at least 4 members (excludes halogenated alkanes) is 28. The quantitative estimate of drug-likeness (QED) is 0.0365. The fourth-order valence-corrected chi connectivity index (χ4v) is 11.7. The van der Waals surface area contributed by atoms with Crippen molar-refractivity contribution in [1.82, 2.24) is 9.80 Å². The number of hydrogen-bond donors (Lipinski definition) is 1. The number of carbonyl (C=O) groups is 3. The van der Waals surface area contributed by atoms with Crippen molar-refractivity contribution >= 4 is 17.8 Å². The Morgan fingerprint density at radius 3 is 1.06 bits per heavy atom. The van der Waals surface area contributed by atoms with Gasteiger partial charge in [-0.2, -0.15) is 0 Å². The fraction of sp³-hybridized carbons (Fsp3) is 0.958. The molecule has 0 rings (SSSR count). The van der Waals surface area contributed by atoms with Gasteiger partial charge in [0.15, 0.2) is 6.29 Å². The molecule has 0 aromatic rings. The van der Waals surface area contributed by atoms with Crippen molar-refractivity contribution in [1.29, 1.82) is 0 Å². The van der Waals surface area contributed by atoms with E-state index in [0.717, 1.165) is 129 Å². The minimum Gasteiger partial charge on any atom is -0.465 e. The summed E-state index contributed by atoms with van der Waals surface area (Å²) in [4.78, 5) is 44.2. The van der Waals surface area contributed by atoms with Crippen molar-refractivity contribution in [2.45, 2.75) is 375 Å². The lowest BCUT2D eigenvalue weighted by Gasteiger charge is -2.33. The lowest BCUT2D eigenvalue weighted by Crippen LogP contribution is -2.41. The molecule has 5 atom stereocenters. The standard InChI is InChI=1S/C71H140N2O7/c1-9-15-21-36-50-64(47-18-12-4)61-78-69(75)56-41-32-26-24-30-39-53-67(54-40-31-25-27-33-42-57-70(76)79-62-65(48-19-13-5)51-37-22-16-10-2)73(68(74)55-44-46-59-72(7)8)60-45-35-29-28-34-43-58-71(77)80-63-66(49-20-14-6)52-38-23-17-11-3/h64-67,69,75H,9-63H2,1-8H3. The van der Waals surface area contributed by atoms with Gasteiger partial charge in [-0.15, -0.1) is 0 Å². The Morgan fingerprint density at radius 1 is 0.338 bits per heavy atom. The van der Waals surface area contributed by atoms with E-state index < -0.39 is 6.29 Å². The summed E-state index contributed by atoms with van der Waals surface area (Å²) in [6, 6.07) is 0.280. The molecule has 9 nitrogen and oxygen atoms in total. The third-order valence-corrected chi connectivity index (χ3v) is 17.2. The molecule has 0 aromatic heterocycles. The minimum atomic E-state index is -0.646. The number of ether oxygens (including phenoxy) is 3. The van der Waals surface area contributed by atoms with Crippen LogP contribution >= 0.6 is 0 Å². The number of aliphatic hydroxyl groups is 1. The third kappa shape index (κ3) is 51.9. The Labute approximate surface area is 498 Å². The molecule has 0 fully saturated rings. The van der Waals surface area contributed by atoms with Crippen LogP contribution in [-0.2, 0) is 28.6 Å². The maximum atomic E-state index is 14.2. The second-order valence-corrected chi connectivity index (χ2v) is 25.5. The molecule has 5 unspecified atom stereocenters. The molecular formula is C71H140N2O7. The van der Waals surface area contributed by atoms with Gasteiger partial charge >= 0.3 is 11.9 Å². The summed E-state index contributed by atoms with van der Waals surface area (Å²) >= 11 is 0. The number of carbonyl (C=O) groups excluding carboxylic acids is 3. The van der Waals surface area contributed by atoms with Crippen molar-refractivity contribution in [2.75, 3.05) is 47.0 Å². The number of rotatable bonds is 64. The molecule has 80 heavy (non-hydrogen) atoms. The summed E-state index contributed by atoms with van der Waals surface area (Å²) in [5, 5.41) is 10.7. The predicted molar refractivity (Wildman–Crippen MR) is 343 cm³/mol. The normalized spacial score (nSPS) is 13.6. The van der Waals surface area contributed by atoms with Crippen molar-refractivity contribution in [2.24, 2.45) is 17.8 Å². The van der Waals surface area contributed by atoms with Gasteiger partial charge in [-0.25, -0.2) is 0 Å². The summed E-state index contributed by atoms with van der Waals surface area (Å²) in [5.41, 5.74) is 0. The molecule has 0 saturated heterocycles. The van der Waals surface area contributed by atoms with Crippen LogP contribution < -0.4 is 0 Å². The highest BCUT2D eigenvalue weighted by atomic mass is 16.6.